The van der Waals surface area contributed by atoms with Gasteiger partial charge in [-0.15, -0.1) is 0 Å². The maximum atomic E-state index is 12.7. The van der Waals surface area contributed by atoms with Crippen LogP contribution in [0, 0.1) is 10.1 Å². The number of nitro groups is 1. The summed E-state index contributed by atoms with van der Waals surface area (Å²) >= 11 is 15.2. The van der Waals surface area contributed by atoms with Crippen LogP contribution >= 0.6 is 39.1 Å². The molecule has 0 saturated carbocycles. The van der Waals surface area contributed by atoms with Gasteiger partial charge in [-0.2, -0.15) is 5.10 Å². The SMILES string of the molecule is CCn1ncc(Br)c1C(=O)Nc1cc(Oc2ccc(Cl)cc2Cl)cc([N+](=O)[O-])c1. The molecule has 1 heterocycles. The van der Waals surface area contributed by atoms with Gasteiger partial charge in [0.25, 0.3) is 11.6 Å². The Balaban J connectivity index is 1.93. The largest absolute Gasteiger partial charge is 0.455 e. The van der Waals surface area contributed by atoms with Gasteiger partial charge in [-0.1, -0.05) is 23.2 Å². The van der Waals surface area contributed by atoms with Gasteiger partial charge in [0.2, 0.25) is 0 Å². The lowest BCUT2D eigenvalue weighted by Crippen LogP contribution is -2.18. The zero-order valence-corrected chi connectivity index (χ0v) is 18.0. The van der Waals surface area contributed by atoms with Gasteiger partial charge in [0.15, 0.2) is 0 Å². The van der Waals surface area contributed by atoms with Crippen molar-refractivity contribution in [2.75, 3.05) is 5.32 Å². The second kappa shape index (κ2) is 8.81. The molecule has 0 atom stereocenters. The first kappa shape index (κ1) is 21.1. The van der Waals surface area contributed by atoms with Crippen molar-refractivity contribution >= 4 is 56.4 Å². The summed E-state index contributed by atoms with van der Waals surface area (Å²) in [5.74, 6) is -0.0883. The molecule has 0 bridgehead atoms. The normalized spacial score (nSPS) is 10.6. The van der Waals surface area contributed by atoms with Gasteiger partial charge in [0.05, 0.1) is 32.4 Å². The first-order valence-corrected chi connectivity index (χ1v) is 9.78. The van der Waals surface area contributed by atoms with Crippen LogP contribution in [0.15, 0.2) is 47.1 Å². The van der Waals surface area contributed by atoms with E-state index in [1.807, 2.05) is 6.92 Å². The molecule has 29 heavy (non-hydrogen) atoms. The standard InChI is InChI=1S/C18H13BrCl2N4O4/c1-2-24-17(14(19)9-22-24)18(26)23-11-6-12(25(27)28)8-13(7-11)29-16-4-3-10(20)5-15(16)21/h3-9H,2H2,1H3,(H,23,26). The molecular formula is C18H13BrCl2N4O4. The molecule has 0 spiro atoms. The van der Waals surface area contributed by atoms with E-state index in [-0.39, 0.29) is 27.9 Å². The third kappa shape index (κ3) is 4.87. The number of halogens is 3. The quantitative estimate of drug-likeness (QED) is 0.335. The highest BCUT2D eigenvalue weighted by molar-refractivity contribution is 9.10. The molecule has 0 radical (unpaired) electrons. The lowest BCUT2D eigenvalue weighted by molar-refractivity contribution is -0.384. The molecule has 1 amide bonds. The minimum atomic E-state index is -0.585. The Labute approximate surface area is 183 Å². The molecule has 2 aromatic carbocycles. The molecule has 3 aromatic rings. The predicted molar refractivity (Wildman–Crippen MR) is 113 cm³/mol. The number of carbonyl (C=O) groups is 1. The van der Waals surface area contributed by atoms with Gasteiger partial charge in [-0.05, 0) is 41.1 Å². The van der Waals surface area contributed by atoms with Crippen LogP contribution in [0.4, 0.5) is 11.4 Å². The van der Waals surface area contributed by atoms with Gasteiger partial charge < -0.3 is 10.1 Å². The lowest BCUT2D eigenvalue weighted by atomic mass is 10.2. The molecule has 150 valence electrons. The fourth-order valence-corrected chi connectivity index (χ4v) is 3.45. The molecule has 3 rings (SSSR count). The summed E-state index contributed by atoms with van der Waals surface area (Å²) in [4.78, 5) is 23.4. The van der Waals surface area contributed by atoms with Gasteiger partial charge in [0, 0.05) is 23.7 Å². The van der Waals surface area contributed by atoms with Crippen molar-refractivity contribution in [2.24, 2.45) is 0 Å². The number of aromatic nitrogens is 2. The first-order chi connectivity index (χ1) is 13.8. The second-order valence-electron chi connectivity index (χ2n) is 5.76. The van der Waals surface area contributed by atoms with Crippen molar-refractivity contribution in [1.82, 2.24) is 9.78 Å². The topological polar surface area (TPSA) is 99.3 Å². The molecule has 1 aromatic heterocycles. The Kier molecular flexibility index (Phi) is 6.41. The number of non-ortho nitro benzene ring substituents is 1. The summed E-state index contributed by atoms with van der Waals surface area (Å²) in [6.45, 7) is 2.32. The zero-order valence-electron chi connectivity index (χ0n) is 14.9. The van der Waals surface area contributed by atoms with E-state index >= 15 is 0 Å². The zero-order chi connectivity index (χ0) is 21.1. The number of amides is 1. The van der Waals surface area contributed by atoms with E-state index in [0.29, 0.717) is 21.7 Å². The Morgan fingerprint density at radius 2 is 2.07 bits per heavy atom. The summed E-state index contributed by atoms with van der Waals surface area (Å²) in [6, 6.07) is 8.52. The smallest absolute Gasteiger partial charge is 0.275 e. The number of nitrogens with zero attached hydrogens (tertiary/aromatic N) is 3. The number of ether oxygens (including phenoxy) is 1. The monoisotopic (exact) mass is 498 g/mol. The maximum absolute atomic E-state index is 12.7. The lowest BCUT2D eigenvalue weighted by Gasteiger charge is -2.11. The Morgan fingerprint density at radius 1 is 1.31 bits per heavy atom. The highest BCUT2D eigenvalue weighted by atomic mass is 79.9. The van der Waals surface area contributed by atoms with Crippen LogP contribution < -0.4 is 10.1 Å². The van der Waals surface area contributed by atoms with Crippen LogP contribution in [0.3, 0.4) is 0 Å². The van der Waals surface area contributed by atoms with Crippen LogP contribution in [0.5, 0.6) is 11.5 Å². The molecule has 11 heteroatoms. The van der Waals surface area contributed by atoms with Crippen molar-refractivity contribution in [3.8, 4) is 11.5 Å². The number of hydrogen-bond donors (Lipinski definition) is 1. The highest BCUT2D eigenvalue weighted by Gasteiger charge is 2.19. The minimum Gasteiger partial charge on any atom is -0.455 e. The number of aryl methyl sites for hydroxylation is 1. The first-order valence-electron chi connectivity index (χ1n) is 8.23. The fraction of sp³-hybridized carbons (Fsp3) is 0.111. The van der Waals surface area contributed by atoms with Crippen LogP contribution in [0.1, 0.15) is 17.4 Å². The van der Waals surface area contributed by atoms with E-state index in [0.717, 1.165) is 0 Å². The summed E-state index contributed by atoms with van der Waals surface area (Å²) in [6.07, 6.45) is 1.50. The number of hydrogen-bond acceptors (Lipinski definition) is 5. The van der Waals surface area contributed by atoms with Crippen LogP contribution in [-0.4, -0.2) is 20.6 Å². The fourth-order valence-electron chi connectivity index (χ4n) is 2.52. The van der Waals surface area contributed by atoms with E-state index in [1.54, 1.807) is 12.1 Å². The van der Waals surface area contributed by atoms with E-state index in [9.17, 15) is 14.9 Å². The Bertz CT molecular complexity index is 1100. The van der Waals surface area contributed by atoms with E-state index < -0.39 is 10.8 Å². The van der Waals surface area contributed by atoms with Gasteiger partial charge in [0.1, 0.15) is 17.2 Å². The number of rotatable bonds is 6. The maximum Gasteiger partial charge on any atom is 0.275 e. The summed E-state index contributed by atoms with van der Waals surface area (Å²) < 4.78 is 7.67. The van der Waals surface area contributed by atoms with Gasteiger partial charge in [-0.3, -0.25) is 19.6 Å². The predicted octanol–water partition coefficient (Wildman–Crippen LogP) is 5.93. The van der Waals surface area contributed by atoms with Crippen molar-refractivity contribution in [1.29, 1.82) is 0 Å². The van der Waals surface area contributed by atoms with Gasteiger partial charge >= 0.3 is 0 Å². The van der Waals surface area contributed by atoms with Crippen LogP contribution in [0.2, 0.25) is 10.0 Å². The number of nitro benzene ring substituents is 1. The van der Waals surface area contributed by atoms with E-state index in [4.69, 9.17) is 27.9 Å². The minimum absolute atomic E-state index is 0.127. The molecule has 1 N–H and O–H groups in total. The average molecular weight is 500 g/mol. The van der Waals surface area contributed by atoms with E-state index in [2.05, 4.69) is 26.3 Å². The third-order valence-electron chi connectivity index (χ3n) is 3.79. The molecule has 0 aliphatic rings. The number of nitrogens with one attached hydrogen (secondary N) is 1. The number of anilines is 1. The molecule has 0 fully saturated rings. The third-order valence-corrected chi connectivity index (χ3v) is 4.90. The van der Waals surface area contributed by atoms with Gasteiger partial charge in [-0.25, -0.2) is 0 Å². The molecule has 0 aliphatic heterocycles. The van der Waals surface area contributed by atoms with Crippen molar-refractivity contribution < 1.29 is 14.5 Å². The number of carbonyl (C=O) groups excluding carboxylic acids is 1. The van der Waals surface area contributed by atoms with Crippen LogP contribution in [-0.2, 0) is 6.54 Å². The highest BCUT2D eigenvalue weighted by Crippen LogP contribution is 2.34. The summed E-state index contributed by atoms with van der Waals surface area (Å²) in [5, 5.41) is 18.7. The molecule has 8 nitrogen and oxygen atoms in total. The van der Waals surface area contributed by atoms with Crippen molar-refractivity contribution in [3.05, 3.63) is 72.9 Å². The average Bonchev–Trinajstić information content (AvgIpc) is 3.04. The molecular weight excluding hydrogens is 487 g/mol. The summed E-state index contributed by atoms with van der Waals surface area (Å²) in [5.41, 5.74) is 0.216. The van der Waals surface area contributed by atoms with Crippen molar-refractivity contribution in [2.45, 2.75) is 13.5 Å². The number of benzene rings is 2. The second-order valence-corrected chi connectivity index (χ2v) is 7.46. The molecule has 0 unspecified atom stereocenters. The Hall–Kier alpha value is -2.62. The summed E-state index contributed by atoms with van der Waals surface area (Å²) in [7, 11) is 0. The van der Waals surface area contributed by atoms with E-state index in [1.165, 1.54) is 35.1 Å². The van der Waals surface area contributed by atoms with Crippen LogP contribution in [0.25, 0.3) is 0 Å². The van der Waals surface area contributed by atoms with Crippen molar-refractivity contribution in [3.63, 3.8) is 0 Å². The molecule has 0 aliphatic carbocycles. The molecule has 0 saturated heterocycles. The Morgan fingerprint density at radius 3 is 2.72 bits per heavy atom.